The molecule has 57 nitrogen and oxygen atoms in total. The largest absolute Gasteiger partial charge is 0.481 e. The van der Waals surface area contributed by atoms with Gasteiger partial charge >= 0.3 is 35.8 Å². The summed E-state index contributed by atoms with van der Waals surface area (Å²) in [7, 11) is 0. The molecule has 0 aliphatic carbocycles. The zero-order valence-electron chi connectivity index (χ0n) is 79.7. The molecule has 141 heavy (non-hydrogen) atoms. The van der Waals surface area contributed by atoms with Gasteiger partial charge in [-0.2, -0.15) is 0 Å². The molecule has 57 heteroatoms. The minimum absolute atomic E-state index is 0.0196. The molecular formula is C84H133N23O34. The molecule has 34 N–H and O–H groups in total. The molecule has 0 aliphatic rings. The molecular weight excluding hydrogens is 1880 g/mol. The Balaban J connectivity index is 3.15. The number of hydrogen-bond donors (Lipinski definition) is 31. The van der Waals surface area contributed by atoms with E-state index in [-0.39, 0.29) is 38.2 Å². The van der Waals surface area contributed by atoms with Crippen LogP contribution >= 0.6 is 0 Å². The Morgan fingerprint density at radius 2 is 0.582 bits per heavy atom. The fourth-order valence-electron chi connectivity index (χ4n) is 12.5. The molecule has 18 atom stereocenters. The van der Waals surface area contributed by atoms with Gasteiger partial charge in [-0.05, 0) is 95.5 Å². The minimum Gasteiger partial charge on any atom is -0.481 e. The van der Waals surface area contributed by atoms with E-state index in [2.05, 4.69) is 106 Å². The maximum atomic E-state index is 14.1. The molecule has 0 heterocycles. The number of nitrogens with one attached hydrogen (secondary N) is 19. The van der Waals surface area contributed by atoms with E-state index in [1.54, 1.807) is 58.0 Å². The first-order valence-corrected chi connectivity index (χ1v) is 44.5. The van der Waals surface area contributed by atoms with Crippen molar-refractivity contribution in [2.24, 2.45) is 45.9 Å². The molecule has 0 radical (unpaired) electrons. The lowest BCUT2D eigenvalue weighted by Gasteiger charge is -2.28. The number of benzene rings is 1. The van der Waals surface area contributed by atoms with Crippen molar-refractivity contribution in [3.63, 3.8) is 0 Å². The maximum absolute atomic E-state index is 14.1. The van der Waals surface area contributed by atoms with Gasteiger partial charge in [0, 0.05) is 38.6 Å². The van der Waals surface area contributed by atoms with E-state index >= 15 is 0 Å². The second-order valence-corrected chi connectivity index (χ2v) is 33.9. The fraction of sp³-hybridized carbons (Fsp3) is 0.619. The Bertz CT molecular complexity index is 4590. The quantitative estimate of drug-likeness (QED) is 0.0164. The van der Waals surface area contributed by atoms with Crippen LogP contribution in [0.15, 0.2) is 35.3 Å². The lowest BCUT2D eigenvalue weighted by Crippen LogP contribution is -2.62. The first kappa shape index (κ1) is 124. The number of guanidine groups is 1. The second-order valence-electron chi connectivity index (χ2n) is 33.9. The van der Waals surface area contributed by atoms with E-state index in [1.165, 1.54) is 27.7 Å². The smallest absolute Gasteiger partial charge is 0.326 e. The third-order valence-electron chi connectivity index (χ3n) is 20.7. The summed E-state index contributed by atoms with van der Waals surface area (Å²) in [5, 5.41) is 131. The van der Waals surface area contributed by atoms with Gasteiger partial charge in [0.2, 0.25) is 112 Å². The summed E-state index contributed by atoms with van der Waals surface area (Å²) in [5.41, 5.74) is 16.9. The van der Waals surface area contributed by atoms with Crippen LogP contribution in [0.5, 0.6) is 0 Å². The van der Waals surface area contributed by atoms with Gasteiger partial charge in [0.15, 0.2) is 5.96 Å². The predicted molar refractivity (Wildman–Crippen MR) is 488 cm³/mol. The number of carbonyl (C=O) groups excluding carboxylic acids is 19. The first-order valence-electron chi connectivity index (χ1n) is 44.5. The average molecular weight is 2010 g/mol. The monoisotopic (exact) mass is 2010 g/mol. The predicted octanol–water partition coefficient (Wildman–Crippen LogP) is -12.2. The van der Waals surface area contributed by atoms with Crippen LogP contribution in [0.3, 0.4) is 0 Å². The summed E-state index contributed by atoms with van der Waals surface area (Å²) >= 11 is 0. The van der Waals surface area contributed by atoms with Gasteiger partial charge in [-0.3, -0.25) is 120 Å². The average Bonchev–Trinajstić information content (AvgIpc) is 0.858. The van der Waals surface area contributed by atoms with E-state index in [1.807, 2.05) is 0 Å². The van der Waals surface area contributed by atoms with Gasteiger partial charge in [0.25, 0.3) is 0 Å². The number of aliphatic hydroxyl groups excluding tert-OH is 3. The van der Waals surface area contributed by atoms with Crippen LogP contribution < -0.4 is 118 Å². The number of carbonyl (C=O) groups is 25. The van der Waals surface area contributed by atoms with Crippen molar-refractivity contribution in [2.45, 2.75) is 269 Å². The van der Waals surface area contributed by atoms with Crippen molar-refractivity contribution in [2.75, 3.05) is 39.5 Å². The molecule has 0 spiro atoms. The molecule has 0 bridgehead atoms. The summed E-state index contributed by atoms with van der Waals surface area (Å²) in [6.45, 7) is 10.7. The zero-order chi connectivity index (χ0) is 108. The number of amides is 19. The highest BCUT2D eigenvalue weighted by Gasteiger charge is 2.40. The zero-order valence-corrected chi connectivity index (χ0v) is 79.7. The summed E-state index contributed by atoms with van der Waals surface area (Å²) in [4.78, 5) is 331. The topological polar surface area (TPSA) is 928 Å². The van der Waals surface area contributed by atoms with Crippen LogP contribution in [-0.2, 0) is 126 Å². The standard InChI is InChI=1S/C84H133N23O34/c1-36(2)62(107-82(139)65(39(7)8)105-70(127)45(85)20-24-57(113)114)79(136)90-31-55(111)91-41(10)68(125)101-52(33-108)76(133)96-46(21-25-58(115)116)71(128)93-40(9)66(123)89-32-56(112)104-63(37(3)4)80(137)100-51(30-61(121)122)74(131)94-42(11)67(124)92-43(12)69(126)102-54(35-110)78(135)106-64(38(5)6)81(138)103-53(34-109)77(134)97-47(22-26-59(117)118)72(129)95-48(23-27-60(119)120)73(130)99-50(29-44-17-14-13-15-18-44)75(132)98-49(83(140)141)19-16-28-88-84(86)87/h13-15,17-18,36-43,45-54,62-65,108-110H,16,19-35,85H2,1-12H3,(H,89,123)(H,90,136)(H,91,111)(H,92,124)(H,93,128)(H,94,131)(H,95,129)(H,96,133)(H,97,134)(H,98,132)(H,99,130)(H,100,137)(H,101,125)(H,102,126)(H,103,138)(H,104,112)(H,105,127)(H,106,135)(H,107,139)(H,113,114)(H,115,116)(H,117,118)(H,119,120)(H,121,122)(H,140,141)(H4,86,87,88)/t40-,41-,42-,43-,45-,46-,47-,48-,49-,50-,51-,52-,53-,54-,62-,63-,64-,65-/m0/s1. The van der Waals surface area contributed by atoms with E-state index in [4.69, 9.17) is 22.3 Å². The van der Waals surface area contributed by atoms with Gasteiger partial charge < -0.3 is 164 Å². The van der Waals surface area contributed by atoms with E-state index in [0.717, 1.165) is 27.7 Å². The number of hydrogen-bond acceptors (Lipinski definition) is 30. The number of rotatable bonds is 66. The number of aliphatic imine (C=N–C) groups is 1. The van der Waals surface area contributed by atoms with E-state index in [0.29, 0.717) is 5.56 Å². The SMILES string of the molecule is CC(C)[C@H](NC(=O)CNC(=O)[C@H](C)NC(=O)[C@H](CCC(=O)O)NC(=O)[C@H](CO)NC(=O)[C@H](C)NC(=O)CNC(=O)[C@@H](NC(=O)[C@@H](NC(=O)[C@@H](N)CCC(=O)O)C(C)C)C(C)C)C(=O)N[C@@H](CC(=O)O)C(=O)N[C@@H](C)C(=O)N[C@@H](C)C(=O)N[C@@H](CO)C(=O)N[C@H](C(=O)N[C@@H](CO)C(=O)N[C@@H](CCC(=O)O)C(=O)N[C@@H](CCC(=O)O)C(=O)N[C@@H](Cc1ccccc1)C(=O)N[C@@H](CCCN=C(N)N)C(=O)O)C(C)C. The molecule has 0 saturated heterocycles. The molecule has 0 fully saturated rings. The lowest BCUT2D eigenvalue weighted by molar-refractivity contribution is -0.143. The number of nitrogens with zero attached hydrogens (tertiary/aromatic N) is 1. The summed E-state index contributed by atoms with van der Waals surface area (Å²) in [6.07, 6.45) is -6.84. The Morgan fingerprint density at radius 3 is 0.986 bits per heavy atom. The van der Waals surface area contributed by atoms with Crippen molar-refractivity contribution in [1.82, 2.24) is 101 Å². The van der Waals surface area contributed by atoms with Crippen LogP contribution in [-0.4, -0.2) is 348 Å². The maximum Gasteiger partial charge on any atom is 0.326 e. The number of aliphatic carboxylic acids is 6. The number of carboxylic acids is 6. The van der Waals surface area contributed by atoms with E-state index in [9.17, 15) is 161 Å². The van der Waals surface area contributed by atoms with Crippen LogP contribution in [0.25, 0.3) is 0 Å². The number of aliphatic hydroxyl groups is 3. The Morgan fingerprint density at radius 1 is 0.291 bits per heavy atom. The highest BCUT2D eigenvalue weighted by molar-refractivity contribution is 6.02. The molecule has 0 unspecified atom stereocenters. The molecule has 788 valence electrons. The molecule has 1 aromatic rings. The van der Waals surface area contributed by atoms with Crippen LogP contribution in [0.2, 0.25) is 0 Å². The van der Waals surface area contributed by atoms with Gasteiger partial charge in [0.05, 0.1) is 45.4 Å². The van der Waals surface area contributed by atoms with Crippen molar-refractivity contribution in [3.05, 3.63) is 35.9 Å². The second kappa shape index (κ2) is 62.8. The Labute approximate surface area is 807 Å². The molecule has 0 saturated carbocycles. The summed E-state index contributed by atoms with van der Waals surface area (Å²) in [6, 6.07) is -22.4. The van der Waals surface area contributed by atoms with Crippen LogP contribution in [0, 0.1) is 23.7 Å². The van der Waals surface area contributed by atoms with Gasteiger partial charge in [-0.1, -0.05) is 85.7 Å². The highest BCUT2D eigenvalue weighted by Crippen LogP contribution is 2.15. The molecule has 0 aromatic heterocycles. The van der Waals surface area contributed by atoms with Crippen molar-refractivity contribution < 1.29 is 166 Å². The molecule has 0 aliphatic heterocycles. The summed E-state index contributed by atoms with van der Waals surface area (Å²) in [5.74, 6) is -33.8. The number of nitrogens with two attached hydrogens (primary N) is 3. The third kappa shape index (κ3) is 47.3. The van der Waals surface area contributed by atoms with Gasteiger partial charge in [0.1, 0.15) is 103 Å². The van der Waals surface area contributed by atoms with Crippen LogP contribution in [0.1, 0.15) is 159 Å². The fourth-order valence-corrected chi connectivity index (χ4v) is 12.5. The normalized spacial score (nSPS) is 14.9. The summed E-state index contributed by atoms with van der Waals surface area (Å²) < 4.78 is 0. The van der Waals surface area contributed by atoms with Crippen LogP contribution in [0.4, 0.5) is 0 Å². The van der Waals surface area contributed by atoms with Gasteiger partial charge in [-0.25, -0.2) is 4.79 Å². The van der Waals surface area contributed by atoms with Gasteiger partial charge in [-0.15, -0.1) is 0 Å². The minimum atomic E-state index is -2.04. The lowest BCUT2D eigenvalue weighted by atomic mass is 9.99. The third-order valence-corrected chi connectivity index (χ3v) is 20.7. The Kier molecular flexibility index (Phi) is 55.3. The van der Waals surface area contributed by atoms with Crippen molar-refractivity contribution in [1.29, 1.82) is 0 Å². The molecule has 19 amide bonds. The Hall–Kier alpha value is -14.9. The highest BCUT2D eigenvalue weighted by atomic mass is 16.4. The molecule has 1 rings (SSSR count). The van der Waals surface area contributed by atoms with Crippen molar-refractivity contribution in [3.8, 4) is 0 Å². The van der Waals surface area contributed by atoms with E-state index < -0.39 is 365 Å². The first-order chi connectivity index (χ1) is 65.8. The molecule has 1 aromatic carbocycles. The number of carboxylic acid groups (broad SMARTS) is 6. The van der Waals surface area contributed by atoms with Crippen molar-refractivity contribution >= 4 is 154 Å².